The molecule has 1 aliphatic carbocycles. The largest absolute Gasteiger partial charge is 0.388 e. The predicted octanol–water partition coefficient (Wildman–Crippen LogP) is 1.45. The maximum absolute atomic E-state index is 9.73. The number of ether oxygens (including phenoxy) is 2. The van der Waals surface area contributed by atoms with Gasteiger partial charge in [0.25, 0.3) is 0 Å². The van der Waals surface area contributed by atoms with Gasteiger partial charge in [-0.05, 0) is 19.3 Å². The molecule has 0 heterocycles. The molecule has 3 N–H and O–H groups in total. The Morgan fingerprint density at radius 3 is 2.59 bits per heavy atom. The minimum Gasteiger partial charge on any atom is -0.388 e. The van der Waals surface area contributed by atoms with Crippen molar-refractivity contribution in [2.45, 2.75) is 57.2 Å². The SMILES string of the molecule is CCCCOCC(O)COC1(CN)CCCC1. The third-order valence-corrected chi connectivity index (χ3v) is 3.42. The van der Waals surface area contributed by atoms with Gasteiger partial charge in [0, 0.05) is 13.2 Å². The Morgan fingerprint density at radius 2 is 2.00 bits per heavy atom. The Labute approximate surface area is 104 Å². The molecule has 0 spiro atoms. The van der Waals surface area contributed by atoms with E-state index >= 15 is 0 Å². The summed E-state index contributed by atoms with van der Waals surface area (Å²) in [6.45, 7) is 4.09. The van der Waals surface area contributed by atoms with Crippen LogP contribution in [0.4, 0.5) is 0 Å². The number of nitrogens with two attached hydrogens (primary N) is 1. The van der Waals surface area contributed by atoms with Gasteiger partial charge in [0.2, 0.25) is 0 Å². The van der Waals surface area contributed by atoms with Crippen molar-refractivity contribution >= 4 is 0 Å². The zero-order valence-electron chi connectivity index (χ0n) is 11.0. The molecule has 1 rings (SSSR count). The highest BCUT2D eigenvalue weighted by molar-refractivity contribution is 4.87. The van der Waals surface area contributed by atoms with Crippen LogP contribution in [0.15, 0.2) is 0 Å². The molecule has 1 saturated carbocycles. The van der Waals surface area contributed by atoms with Crippen molar-refractivity contribution in [3.05, 3.63) is 0 Å². The van der Waals surface area contributed by atoms with E-state index in [2.05, 4.69) is 6.92 Å². The van der Waals surface area contributed by atoms with Crippen molar-refractivity contribution in [3.8, 4) is 0 Å². The van der Waals surface area contributed by atoms with Crippen LogP contribution >= 0.6 is 0 Å². The molecule has 17 heavy (non-hydrogen) atoms. The molecule has 0 aromatic carbocycles. The second kappa shape index (κ2) is 8.03. The van der Waals surface area contributed by atoms with E-state index < -0.39 is 6.10 Å². The summed E-state index contributed by atoms with van der Waals surface area (Å²) >= 11 is 0. The van der Waals surface area contributed by atoms with E-state index in [1.54, 1.807) is 0 Å². The second-order valence-corrected chi connectivity index (χ2v) is 4.99. The molecule has 0 saturated heterocycles. The Morgan fingerprint density at radius 1 is 1.29 bits per heavy atom. The summed E-state index contributed by atoms with van der Waals surface area (Å²) in [6.07, 6.45) is 6.03. The standard InChI is InChI=1S/C13H27NO3/c1-2-3-8-16-9-12(15)10-17-13(11-14)6-4-5-7-13/h12,15H,2-11,14H2,1H3. The first kappa shape index (κ1) is 14.9. The van der Waals surface area contributed by atoms with E-state index in [9.17, 15) is 5.11 Å². The third-order valence-electron chi connectivity index (χ3n) is 3.42. The Kier molecular flexibility index (Phi) is 7.04. The molecular weight excluding hydrogens is 218 g/mol. The second-order valence-electron chi connectivity index (χ2n) is 4.99. The lowest BCUT2D eigenvalue weighted by Crippen LogP contribution is -2.40. The van der Waals surface area contributed by atoms with E-state index in [4.69, 9.17) is 15.2 Å². The van der Waals surface area contributed by atoms with Crippen LogP contribution in [-0.2, 0) is 9.47 Å². The lowest BCUT2D eigenvalue weighted by atomic mass is 10.0. The molecule has 4 heteroatoms. The number of unbranched alkanes of at least 4 members (excludes halogenated alkanes) is 1. The Bertz CT molecular complexity index is 193. The van der Waals surface area contributed by atoms with Crippen LogP contribution in [0.2, 0.25) is 0 Å². The van der Waals surface area contributed by atoms with Crippen molar-refractivity contribution in [3.63, 3.8) is 0 Å². The van der Waals surface area contributed by atoms with Gasteiger partial charge in [0.15, 0.2) is 0 Å². The minimum atomic E-state index is -0.532. The average Bonchev–Trinajstić information content (AvgIpc) is 2.82. The quantitative estimate of drug-likeness (QED) is 0.603. The fourth-order valence-corrected chi connectivity index (χ4v) is 2.21. The van der Waals surface area contributed by atoms with Crippen molar-refractivity contribution in [1.82, 2.24) is 0 Å². The fourth-order valence-electron chi connectivity index (χ4n) is 2.21. The van der Waals surface area contributed by atoms with Crippen molar-refractivity contribution < 1.29 is 14.6 Å². The summed E-state index contributed by atoms with van der Waals surface area (Å²) in [7, 11) is 0. The van der Waals surface area contributed by atoms with Gasteiger partial charge >= 0.3 is 0 Å². The lowest BCUT2D eigenvalue weighted by Gasteiger charge is -2.28. The molecule has 0 aromatic rings. The van der Waals surface area contributed by atoms with Crippen molar-refractivity contribution in [2.75, 3.05) is 26.4 Å². The Hall–Kier alpha value is -0.160. The highest BCUT2D eigenvalue weighted by Crippen LogP contribution is 2.32. The van der Waals surface area contributed by atoms with Crippen LogP contribution in [0.5, 0.6) is 0 Å². The summed E-state index contributed by atoms with van der Waals surface area (Å²) in [5.74, 6) is 0. The molecule has 4 nitrogen and oxygen atoms in total. The highest BCUT2D eigenvalue weighted by Gasteiger charge is 2.33. The zero-order valence-corrected chi connectivity index (χ0v) is 11.0. The van der Waals surface area contributed by atoms with Crippen LogP contribution in [-0.4, -0.2) is 43.2 Å². The Balaban J connectivity index is 2.11. The summed E-state index contributed by atoms with van der Waals surface area (Å²) in [6, 6.07) is 0. The monoisotopic (exact) mass is 245 g/mol. The van der Waals surface area contributed by atoms with Gasteiger partial charge < -0.3 is 20.3 Å². The number of aliphatic hydroxyl groups is 1. The van der Waals surface area contributed by atoms with Gasteiger partial charge in [-0.1, -0.05) is 26.2 Å². The fraction of sp³-hybridized carbons (Fsp3) is 1.00. The number of hydrogen-bond donors (Lipinski definition) is 2. The highest BCUT2D eigenvalue weighted by atomic mass is 16.5. The molecule has 0 aliphatic heterocycles. The predicted molar refractivity (Wildman–Crippen MR) is 67.9 cm³/mol. The summed E-state index contributed by atoms with van der Waals surface area (Å²) < 4.78 is 11.2. The molecule has 1 aliphatic rings. The summed E-state index contributed by atoms with van der Waals surface area (Å²) in [5, 5.41) is 9.73. The van der Waals surface area contributed by atoms with Gasteiger partial charge in [-0.25, -0.2) is 0 Å². The summed E-state index contributed by atoms with van der Waals surface area (Å²) in [4.78, 5) is 0. The molecule has 1 fully saturated rings. The van der Waals surface area contributed by atoms with Gasteiger partial charge in [0.1, 0.15) is 6.10 Å². The summed E-state index contributed by atoms with van der Waals surface area (Å²) in [5.41, 5.74) is 5.58. The van der Waals surface area contributed by atoms with E-state index in [-0.39, 0.29) is 5.60 Å². The van der Waals surface area contributed by atoms with Crippen molar-refractivity contribution in [1.29, 1.82) is 0 Å². The minimum absolute atomic E-state index is 0.176. The maximum atomic E-state index is 9.73. The van der Waals surface area contributed by atoms with Gasteiger partial charge in [-0.15, -0.1) is 0 Å². The van der Waals surface area contributed by atoms with Crippen LogP contribution < -0.4 is 5.73 Å². The molecule has 0 amide bonds. The van der Waals surface area contributed by atoms with Crippen molar-refractivity contribution in [2.24, 2.45) is 5.73 Å². The van der Waals surface area contributed by atoms with E-state index in [1.807, 2.05) is 0 Å². The zero-order chi connectivity index (χ0) is 12.6. The van der Waals surface area contributed by atoms with Crippen LogP contribution in [0.25, 0.3) is 0 Å². The van der Waals surface area contributed by atoms with Gasteiger partial charge in [-0.3, -0.25) is 0 Å². The molecular formula is C13H27NO3. The smallest absolute Gasteiger partial charge is 0.101 e. The average molecular weight is 245 g/mol. The topological polar surface area (TPSA) is 64.7 Å². The van der Waals surface area contributed by atoms with Gasteiger partial charge in [0.05, 0.1) is 18.8 Å². The van der Waals surface area contributed by atoms with E-state index in [0.717, 1.165) is 32.3 Å². The van der Waals surface area contributed by atoms with Crippen LogP contribution in [0.3, 0.4) is 0 Å². The molecule has 1 atom stereocenters. The lowest BCUT2D eigenvalue weighted by molar-refractivity contribution is -0.0882. The van der Waals surface area contributed by atoms with Crippen LogP contribution in [0, 0.1) is 0 Å². The first-order valence-corrected chi connectivity index (χ1v) is 6.82. The first-order valence-electron chi connectivity index (χ1n) is 6.82. The third kappa shape index (κ3) is 5.34. The van der Waals surface area contributed by atoms with Crippen LogP contribution in [0.1, 0.15) is 45.4 Å². The number of hydrogen-bond acceptors (Lipinski definition) is 4. The molecule has 0 radical (unpaired) electrons. The maximum Gasteiger partial charge on any atom is 0.101 e. The van der Waals surface area contributed by atoms with E-state index in [0.29, 0.717) is 19.8 Å². The number of rotatable bonds is 9. The molecule has 1 unspecified atom stereocenters. The van der Waals surface area contributed by atoms with E-state index in [1.165, 1.54) is 12.8 Å². The molecule has 0 aromatic heterocycles. The van der Waals surface area contributed by atoms with Gasteiger partial charge in [-0.2, -0.15) is 0 Å². The first-order chi connectivity index (χ1) is 8.22. The normalized spacial score (nSPS) is 20.6. The number of aliphatic hydroxyl groups excluding tert-OH is 1. The molecule has 0 bridgehead atoms. The molecule has 102 valence electrons.